The second-order valence-electron chi connectivity index (χ2n) is 5.31. The molecule has 3 rings (SSSR count). The molecule has 1 amide bonds. The molecular formula is C16H17N3O3S. The van der Waals surface area contributed by atoms with Crippen LogP contribution in [0.1, 0.15) is 12.0 Å². The number of sulfonamides is 1. The van der Waals surface area contributed by atoms with E-state index in [0.717, 1.165) is 5.56 Å². The van der Waals surface area contributed by atoms with E-state index < -0.39 is 16.1 Å². The third-order valence-corrected chi connectivity index (χ3v) is 5.76. The van der Waals surface area contributed by atoms with Gasteiger partial charge in [0.1, 0.15) is 6.04 Å². The van der Waals surface area contributed by atoms with Crippen molar-refractivity contribution >= 4 is 15.9 Å². The first-order chi connectivity index (χ1) is 11.1. The van der Waals surface area contributed by atoms with Crippen molar-refractivity contribution in [3.05, 3.63) is 60.4 Å². The normalized spacial score (nSPS) is 18.2. The van der Waals surface area contributed by atoms with Gasteiger partial charge in [-0.3, -0.25) is 9.78 Å². The Morgan fingerprint density at radius 1 is 1.17 bits per heavy atom. The Balaban J connectivity index is 1.66. The molecule has 1 aliphatic rings. The average molecular weight is 331 g/mol. The Bertz CT molecular complexity index is 779. The lowest BCUT2D eigenvalue weighted by atomic mass is 10.1. The van der Waals surface area contributed by atoms with Gasteiger partial charge in [-0.05, 0) is 36.2 Å². The van der Waals surface area contributed by atoms with E-state index in [0.29, 0.717) is 19.5 Å². The Kier molecular flexibility index (Phi) is 4.40. The van der Waals surface area contributed by atoms with Crippen LogP contribution in [0.3, 0.4) is 0 Å². The Morgan fingerprint density at radius 3 is 2.48 bits per heavy atom. The predicted molar refractivity (Wildman–Crippen MR) is 84.8 cm³/mol. The minimum Gasteiger partial charge on any atom is -0.351 e. The number of hydrogen-bond acceptors (Lipinski definition) is 4. The number of carbonyl (C=O) groups is 1. The number of amides is 1. The van der Waals surface area contributed by atoms with Gasteiger partial charge in [0.05, 0.1) is 4.90 Å². The van der Waals surface area contributed by atoms with Crippen LogP contribution in [0.2, 0.25) is 0 Å². The molecule has 0 bridgehead atoms. The smallest absolute Gasteiger partial charge is 0.243 e. The van der Waals surface area contributed by atoms with Crippen molar-refractivity contribution in [2.45, 2.75) is 23.9 Å². The van der Waals surface area contributed by atoms with Gasteiger partial charge in [-0.25, -0.2) is 8.42 Å². The minimum absolute atomic E-state index is 0.214. The van der Waals surface area contributed by atoms with Crippen LogP contribution in [0, 0.1) is 0 Å². The lowest BCUT2D eigenvalue weighted by molar-refractivity contribution is -0.127. The Labute approximate surface area is 135 Å². The molecule has 1 aliphatic heterocycles. The van der Waals surface area contributed by atoms with E-state index in [1.807, 2.05) is 0 Å². The maximum Gasteiger partial charge on any atom is 0.243 e. The summed E-state index contributed by atoms with van der Waals surface area (Å²) in [4.78, 5) is 16.4. The van der Waals surface area contributed by atoms with Crippen LogP contribution in [-0.4, -0.2) is 36.2 Å². The first kappa shape index (κ1) is 15.6. The molecule has 6 nitrogen and oxygen atoms in total. The number of benzene rings is 1. The number of nitrogens with zero attached hydrogens (tertiary/aromatic N) is 2. The lowest BCUT2D eigenvalue weighted by Gasteiger charge is -2.38. The molecule has 1 unspecified atom stereocenters. The SMILES string of the molecule is O=C(NCc1ccncc1)C1CCN1S(=O)(=O)c1ccccc1. The summed E-state index contributed by atoms with van der Waals surface area (Å²) in [6.45, 7) is 0.724. The highest BCUT2D eigenvalue weighted by molar-refractivity contribution is 7.89. The van der Waals surface area contributed by atoms with Crippen molar-refractivity contribution in [3.63, 3.8) is 0 Å². The van der Waals surface area contributed by atoms with Gasteiger partial charge in [0.2, 0.25) is 15.9 Å². The van der Waals surface area contributed by atoms with E-state index in [4.69, 9.17) is 0 Å². The third kappa shape index (κ3) is 3.25. The molecule has 120 valence electrons. The first-order valence-corrected chi connectivity index (χ1v) is 8.76. The fourth-order valence-electron chi connectivity index (χ4n) is 2.45. The number of carbonyl (C=O) groups excluding carboxylic acids is 1. The van der Waals surface area contributed by atoms with Crippen molar-refractivity contribution in [3.8, 4) is 0 Å². The summed E-state index contributed by atoms with van der Waals surface area (Å²) in [7, 11) is -3.62. The summed E-state index contributed by atoms with van der Waals surface area (Å²) in [6, 6.07) is 11.2. The summed E-state index contributed by atoms with van der Waals surface area (Å²) >= 11 is 0. The maximum atomic E-state index is 12.5. The van der Waals surface area contributed by atoms with Crippen molar-refractivity contribution in [2.75, 3.05) is 6.54 Å². The summed E-state index contributed by atoms with van der Waals surface area (Å²) in [6.07, 6.45) is 3.84. The highest BCUT2D eigenvalue weighted by Gasteiger charge is 2.42. The molecule has 7 heteroatoms. The molecular weight excluding hydrogens is 314 g/mol. The third-order valence-electron chi connectivity index (χ3n) is 3.84. The maximum absolute atomic E-state index is 12.5. The van der Waals surface area contributed by atoms with Gasteiger partial charge in [-0.15, -0.1) is 0 Å². The highest BCUT2D eigenvalue weighted by Crippen LogP contribution is 2.26. The number of aromatic nitrogens is 1. The number of rotatable bonds is 5. The van der Waals surface area contributed by atoms with E-state index in [-0.39, 0.29) is 10.8 Å². The van der Waals surface area contributed by atoms with Gasteiger partial charge in [0.15, 0.2) is 0 Å². The first-order valence-electron chi connectivity index (χ1n) is 7.32. The van der Waals surface area contributed by atoms with E-state index in [9.17, 15) is 13.2 Å². The average Bonchev–Trinajstić information content (AvgIpc) is 2.53. The van der Waals surface area contributed by atoms with Gasteiger partial charge in [-0.2, -0.15) is 4.31 Å². The molecule has 2 heterocycles. The van der Waals surface area contributed by atoms with E-state index in [1.54, 1.807) is 54.9 Å². The number of pyridine rings is 1. The second-order valence-corrected chi connectivity index (χ2v) is 7.20. The number of hydrogen-bond donors (Lipinski definition) is 1. The summed E-state index contributed by atoms with van der Waals surface area (Å²) < 4.78 is 26.3. The zero-order valence-corrected chi connectivity index (χ0v) is 13.2. The molecule has 23 heavy (non-hydrogen) atoms. The standard InChI is InChI=1S/C16H17N3O3S/c20-16(18-12-13-6-9-17-10-7-13)15-8-11-19(15)23(21,22)14-4-2-1-3-5-14/h1-7,9-10,15H,8,11-12H2,(H,18,20). The highest BCUT2D eigenvalue weighted by atomic mass is 32.2. The predicted octanol–water partition coefficient (Wildman–Crippen LogP) is 1.16. The molecule has 0 saturated carbocycles. The van der Waals surface area contributed by atoms with Crippen LogP contribution in [0.15, 0.2) is 59.8 Å². The molecule has 0 radical (unpaired) electrons. The second kappa shape index (κ2) is 6.47. The topological polar surface area (TPSA) is 79.4 Å². The van der Waals surface area contributed by atoms with Crippen LogP contribution in [0.25, 0.3) is 0 Å². The van der Waals surface area contributed by atoms with Gasteiger partial charge in [0.25, 0.3) is 0 Å². The van der Waals surface area contributed by atoms with Crippen LogP contribution in [0.5, 0.6) is 0 Å². The molecule has 2 aromatic rings. The van der Waals surface area contributed by atoms with E-state index in [1.165, 1.54) is 4.31 Å². The molecule has 1 aromatic heterocycles. The fraction of sp³-hybridized carbons (Fsp3) is 0.250. The van der Waals surface area contributed by atoms with Crippen LogP contribution in [-0.2, 0) is 21.4 Å². The minimum atomic E-state index is -3.62. The van der Waals surface area contributed by atoms with E-state index in [2.05, 4.69) is 10.3 Å². The summed E-state index contributed by atoms with van der Waals surface area (Å²) in [5, 5.41) is 2.78. The van der Waals surface area contributed by atoms with Gasteiger partial charge in [0, 0.05) is 25.5 Å². The van der Waals surface area contributed by atoms with Crippen molar-refractivity contribution in [1.29, 1.82) is 0 Å². The monoisotopic (exact) mass is 331 g/mol. The zero-order valence-electron chi connectivity index (χ0n) is 12.4. The largest absolute Gasteiger partial charge is 0.351 e. The lowest BCUT2D eigenvalue weighted by Crippen LogP contribution is -2.57. The molecule has 1 atom stereocenters. The van der Waals surface area contributed by atoms with Gasteiger partial charge >= 0.3 is 0 Å². The molecule has 1 aromatic carbocycles. The van der Waals surface area contributed by atoms with Crippen molar-refractivity contribution in [2.24, 2.45) is 0 Å². The van der Waals surface area contributed by atoms with Crippen molar-refractivity contribution in [1.82, 2.24) is 14.6 Å². The molecule has 1 N–H and O–H groups in total. The molecule has 0 aliphatic carbocycles. The van der Waals surface area contributed by atoms with Gasteiger partial charge < -0.3 is 5.32 Å². The van der Waals surface area contributed by atoms with Crippen LogP contribution >= 0.6 is 0 Å². The quantitative estimate of drug-likeness (QED) is 0.892. The Hall–Kier alpha value is -2.25. The molecule has 0 spiro atoms. The van der Waals surface area contributed by atoms with E-state index >= 15 is 0 Å². The molecule has 1 fully saturated rings. The van der Waals surface area contributed by atoms with Gasteiger partial charge in [-0.1, -0.05) is 18.2 Å². The van der Waals surface area contributed by atoms with Crippen LogP contribution in [0.4, 0.5) is 0 Å². The summed E-state index contributed by atoms with van der Waals surface area (Å²) in [5.74, 6) is -0.271. The fourth-order valence-corrected chi connectivity index (χ4v) is 4.10. The molecule has 1 saturated heterocycles. The number of nitrogens with one attached hydrogen (secondary N) is 1. The van der Waals surface area contributed by atoms with Crippen molar-refractivity contribution < 1.29 is 13.2 Å². The summed E-state index contributed by atoms with van der Waals surface area (Å²) in [5.41, 5.74) is 0.921. The zero-order chi connectivity index (χ0) is 16.3. The Morgan fingerprint density at radius 2 is 1.87 bits per heavy atom. The van der Waals surface area contributed by atoms with Crippen LogP contribution < -0.4 is 5.32 Å².